The van der Waals surface area contributed by atoms with E-state index in [1.165, 1.54) is 30.8 Å². The monoisotopic (exact) mass is 314 g/mol. The van der Waals surface area contributed by atoms with Crippen LogP contribution in [0.25, 0.3) is 0 Å². The first-order valence-corrected chi connectivity index (χ1v) is 9.28. The summed E-state index contributed by atoms with van der Waals surface area (Å²) in [4.78, 5) is 6.76. The normalized spacial score (nSPS) is 18.4. The van der Waals surface area contributed by atoms with Crippen molar-refractivity contribution < 1.29 is 4.55 Å². The Labute approximate surface area is 128 Å². The zero-order valence-corrected chi connectivity index (χ0v) is 13.8. The molecular weight excluding hydrogens is 292 g/mol. The molecule has 0 bridgehead atoms. The van der Waals surface area contributed by atoms with Crippen LogP contribution in [0.4, 0.5) is 5.95 Å². The van der Waals surface area contributed by atoms with Crippen LogP contribution in [0.1, 0.15) is 51.0 Å². The Balaban J connectivity index is 1.98. The van der Waals surface area contributed by atoms with Crippen molar-refractivity contribution in [1.82, 2.24) is 9.36 Å². The summed E-state index contributed by atoms with van der Waals surface area (Å²) in [5, 5.41) is 0.787. The van der Waals surface area contributed by atoms with Crippen molar-refractivity contribution in [3.8, 4) is 0 Å². The van der Waals surface area contributed by atoms with Crippen LogP contribution in [-0.4, -0.2) is 38.5 Å². The molecule has 1 aromatic rings. The second kappa shape index (κ2) is 7.95. The highest BCUT2D eigenvalue weighted by Crippen LogP contribution is 2.19. The van der Waals surface area contributed by atoms with E-state index in [4.69, 9.17) is 0 Å². The van der Waals surface area contributed by atoms with Crippen LogP contribution in [0, 0.1) is 0 Å². The van der Waals surface area contributed by atoms with Crippen LogP contribution in [0.15, 0.2) is 4.40 Å². The quantitative estimate of drug-likeness (QED) is 0.598. The highest BCUT2D eigenvalue weighted by Gasteiger charge is 2.17. The lowest BCUT2D eigenvalue weighted by Gasteiger charge is -2.24. The molecule has 1 aliphatic rings. The third-order valence-electron chi connectivity index (χ3n) is 3.27. The van der Waals surface area contributed by atoms with Gasteiger partial charge in [0, 0.05) is 13.1 Å². The van der Waals surface area contributed by atoms with Gasteiger partial charge in [-0.15, -0.1) is 0 Å². The van der Waals surface area contributed by atoms with E-state index in [0.717, 1.165) is 42.6 Å². The molecule has 0 N–H and O–H groups in total. The summed E-state index contributed by atoms with van der Waals surface area (Å²) in [6.07, 6.45) is 5.70. The first-order valence-electron chi connectivity index (χ1n) is 7.23. The van der Waals surface area contributed by atoms with Gasteiger partial charge in [0.2, 0.25) is 5.95 Å². The average Bonchev–Trinajstić information content (AvgIpc) is 2.96. The summed E-state index contributed by atoms with van der Waals surface area (Å²) >= 11 is 0.216. The van der Waals surface area contributed by atoms with Gasteiger partial charge < -0.3 is 9.45 Å². The van der Waals surface area contributed by atoms with E-state index in [1.807, 2.05) is 6.92 Å². The first kappa shape index (κ1) is 15.7. The van der Waals surface area contributed by atoms with Gasteiger partial charge in [-0.05, 0) is 44.1 Å². The minimum Gasteiger partial charge on any atom is -0.591 e. The van der Waals surface area contributed by atoms with Crippen LogP contribution in [-0.2, 0) is 11.4 Å². The molecule has 1 aromatic heterocycles. The molecule has 20 heavy (non-hydrogen) atoms. The Bertz CT molecular complexity index is 443. The van der Waals surface area contributed by atoms with Gasteiger partial charge in [-0.25, -0.2) is 0 Å². The minimum absolute atomic E-state index is 0.631. The highest BCUT2D eigenvalue weighted by atomic mass is 32.2. The van der Waals surface area contributed by atoms with E-state index >= 15 is 0 Å². The molecule has 7 heteroatoms. The fraction of sp³-hybridized carbons (Fsp3) is 0.769. The van der Waals surface area contributed by atoms with E-state index in [0.29, 0.717) is 5.75 Å². The molecular formula is C13H22N4OS2. The molecule has 112 valence electrons. The van der Waals surface area contributed by atoms with Gasteiger partial charge in [0.15, 0.2) is 5.01 Å². The number of anilines is 1. The van der Waals surface area contributed by atoms with Gasteiger partial charge in [-0.3, -0.25) is 0 Å². The van der Waals surface area contributed by atoms with E-state index in [1.54, 1.807) is 0 Å². The molecule has 1 saturated heterocycles. The Kier molecular flexibility index (Phi) is 6.25. The maximum atomic E-state index is 11.8. The summed E-state index contributed by atoms with van der Waals surface area (Å²) in [6.45, 7) is 6.03. The molecule has 1 atom stereocenters. The van der Waals surface area contributed by atoms with Crippen LogP contribution in [0.5, 0.6) is 0 Å². The van der Waals surface area contributed by atoms with Gasteiger partial charge in [0.25, 0.3) is 0 Å². The summed E-state index contributed by atoms with van der Waals surface area (Å²) in [5.74, 6) is 1.43. The molecule has 5 nitrogen and oxygen atoms in total. The van der Waals surface area contributed by atoms with Crippen LogP contribution >= 0.6 is 11.5 Å². The van der Waals surface area contributed by atoms with Crippen LogP contribution < -0.4 is 4.90 Å². The summed E-state index contributed by atoms with van der Waals surface area (Å²) in [5.41, 5.74) is 0.736. The Hall–Kier alpha value is -0.660. The van der Waals surface area contributed by atoms with Crippen molar-refractivity contribution >= 4 is 34.6 Å². The molecule has 0 unspecified atom stereocenters. The molecule has 2 heterocycles. The third kappa shape index (κ3) is 4.43. The number of rotatable bonds is 6. The molecule has 0 saturated carbocycles. The topological polar surface area (TPSA) is 64.4 Å². The zero-order chi connectivity index (χ0) is 14.4. The standard InChI is InChI=1S/C13H22N4OS2/c1-3-4-10-20(18)16-11(2)12-14-13(15-19-12)17-8-6-5-7-9-17/h3-10H2,1-2H3/b16-11+/t20-/m1/s1. The van der Waals surface area contributed by atoms with Gasteiger partial charge in [-0.2, -0.15) is 9.36 Å². The average molecular weight is 314 g/mol. The maximum absolute atomic E-state index is 11.8. The van der Waals surface area contributed by atoms with Gasteiger partial charge in [-0.1, -0.05) is 17.7 Å². The van der Waals surface area contributed by atoms with E-state index in [2.05, 4.69) is 25.6 Å². The predicted octanol–water partition coefficient (Wildman–Crippen LogP) is 2.80. The molecule has 0 aliphatic carbocycles. The minimum atomic E-state index is -1.13. The number of unbranched alkanes of at least 4 members (excludes halogenated alkanes) is 1. The van der Waals surface area contributed by atoms with Gasteiger partial charge >= 0.3 is 0 Å². The zero-order valence-electron chi connectivity index (χ0n) is 12.2. The van der Waals surface area contributed by atoms with Crippen molar-refractivity contribution in [1.29, 1.82) is 0 Å². The van der Waals surface area contributed by atoms with E-state index in [9.17, 15) is 4.55 Å². The third-order valence-corrected chi connectivity index (χ3v) is 5.20. The number of piperidine rings is 1. The van der Waals surface area contributed by atoms with Crippen LogP contribution in [0.3, 0.4) is 0 Å². The fourth-order valence-corrected chi connectivity index (χ4v) is 3.79. The fourth-order valence-electron chi connectivity index (χ4n) is 2.09. The summed E-state index contributed by atoms with van der Waals surface area (Å²) in [6, 6.07) is 0. The lowest BCUT2D eigenvalue weighted by molar-refractivity contribution is 0.570. The highest BCUT2D eigenvalue weighted by molar-refractivity contribution is 7.90. The lowest BCUT2D eigenvalue weighted by Crippen LogP contribution is -2.30. The van der Waals surface area contributed by atoms with Crippen molar-refractivity contribution in [2.24, 2.45) is 4.40 Å². The van der Waals surface area contributed by atoms with Crippen molar-refractivity contribution in [2.45, 2.75) is 46.0 Å². The van der Waals surface area contributed by atoms with Gasteiger partial charge in [0.1, 0.15) is 11.5 Å². The van der Waals surface area contributed by atoms with Crippen molar-refractivity contribution in [3.63, 3.8) is 0 Å². The molecule has 0 spiro atoms. The first-order chi connectivity index (χ1) is 9.70. The number of hydrogen-bond acceptors (Lipinski definition) is 6. The SMILES string of the molecule is CCCC[S@@+]([O-])/N=C(\C)c1nc(N2CCCCC2)ns1. The van der Waals surface area contributed by atoms with Crippen LogP contribution in [0.2, 0.25) is 0 Å². The second-order valence-corrected chi connectivity index (χ2v) is 6.99. The van der Waals surface area contributed by atoms with E-state index in [-0.39, 0.29) is 0 Å². The van der Waals surface area contributed by atoms with Gasteiger partial charge in [0.05, 0.1) is 11.4 Å². The summed E-state index contributed by atoms with van der Waals surface area (Å²) < 4.78 is 20.4. The smallest absolute Gasteiger partial charge is 0.237 e. The Morgan fingerprint density at radius 1 is 1.40 bits per heavy atom. The van der Waals surface area contributed by atoms with E-state index < -0.39 is 11.4 Å². The summed E-state index contributed by atoms with van der Waals surface area (Å²) in [7, 11) is 0. The molecule has 0 amide bonds. The largest absolute Gasteiger partial charge is 0.591 e. The molecule has 0 aromatic carbocycles. The lowest BCUT2D eigenvalue weighted by atomic mass is 10.1. The van der Waals surface area contributed by atoms with Crippen molar-refractivity contribution in [3.05, 3.63) is 5.01 Å². The molecule has 2 rings (SSSR count). The maximum Gasteiger partial charge on any atom is 0.237 e. The predicted molar refractivity (Wildman–Crippen MR) is 86.1 cm³/mol. The number of nitrogens with zero attached hydrogens (tertiary/aromatic N) is 4. The molecule has 1 aliphatic heterocycles. The van der Waals surface area contributed by atoms with Crippen molar-refractivity contribution in [2.75, 3.05) is 23.7 Å². The second-order valence-electron chi connectivity index (χ2n) is 5.00. The molecule has 0 radical (unpaired) electrons. The number of aromatic nitrogens is 2. The number of hydrogen-bond donors (Lipinski definition) is 0. The molecule has 1 fully saturated rings. The Morgan fingerprint density at radius 2 is 2.15 bits per heavy atom. The Morgan fingerprint density at radius 3 is 2.85 bits per heavy atom.